The molecule has 0 unspecified atom stereocenters. The molecule has 0 saturated carbocycles. The number of aromatic hydroxyl groups is 1. The van der Waals surface area contributed by atoms with Gasteiger partial charge in [-0.15, -0.1) is 12.4 Å². The first-order valence-corrected chi connectivity index (χ1v) is 6.76. The number of aryl methyl sites for hydroxylation is 1. The molecule has 0 spiro atoms. The third kappa shape index (κ3) is 3.27. The highest BCUT2D eigenvalue weighted by atomic mass is 79.9. The van der Waals surface area contributed by atoms with E-state index >= 15 is 0 Å². The number of halogens is 2. The van der Waals surface area contributed by atoms with Crippen LogP contribution in [0.15, 0.2) is 10.5 Å². The maximum atomic E-state index is 11.8. The number of hydrogen-bond acceptors (Lipinski definition) is 4. The van der Waals surface area contributed by atoms with E-state index in [1.54, 1.807) is 19.9 Å². The Morgan fingerprint density at radius 1 is 1.45 bits per heavy atom. The highest BCUT2D eigenvalue weighted by molar-refractivity contribution is 9.10. The van der Waals surface area contributed by atoms with Crippen LogP contribution in [0.3, 0.4) is 0 Å². The van der Waals surface area contributed by atoms with Crippen molar-refractivity contribution in [3.63, 3.8) is 0 Å². The molecule has 4 nitrogen and oxygen atoms in total. The molecular weight excluding hydrogens is 346 g/mol. The monoisotopic (exact) mass is 365 g/mol. The van der Waals surface area contributed by atoms with Gasteiger partial charge in [0.2, 0.25) is 0 Å². The molecule has 6 heteroatoms. The molecule has 0 bridgehead atoms. The van der Waals surface area contributed by atoms with Gasteiger partial charge < -0.3 is 15.6 Å². The van der Waals surface area contributed by atoms with Gasteiger partial charge in [0, 0.05) is 16.1 Å². The number of benzene rings is 1. The number of nitrogens with two attached hydrogens (primary N) is 1. The van der Waals surface area contributed by atoms with Gasteiger partial charge in [-0.05, 0) is 44.9 Å². The molecule has 0 aromatic heterocycles. The van der Waals surface area contributed by atoms with E-state index in [-0.39, 0.29) is 18.2 Å². The van der Waals surface area contributed by atoms with Gasteiger partial charge in [0.15, 0.2) is 0 Å². The lowest BCUT2D eigenvalue weighted by atomic mass is 9.79. The fraction of sp³-hybridized carbons (Fsp3) is 0.500. The standard InChI is InChI=1S/C14H20BrNO3.ClH/c1-7-6-9(17)10(8(2)11(7)15)12(16)14(3,4)13(18)19-5;/h6,12,17H,16H2,1-5H3;1H/t12-;/m0./s1. The number of hydrogen-bond donors (Lipinski definition) is 2. The van der Waals surface area contributed by atoms with Gasteiger partial charge in [-0.3, -0.25) is 4.79 Å². The van der Waals surface area contributed by atoms with Crippen molar-refractivity contribution < 1.29 is 14.6 Å². The van der Waals surface area contributed by atoms with Crippen LogP contribution in [0.2, 0.25) is 0 Å². The highest BCUT2D eigenvalue weighted by Crippen LogP contribution is 2.41. The number of phenols is 1. The van der Waals surface area contributed by atoms with Crippen molar-refractivity contribution in [1.29, 1.82) is 0 Å². The third-order valence-electron chi connectivity index (χ3n) is 3.51. The van der Waals surface area contributed by atoms with E-state index in [1.807, 2.05) is 13.8 Å². The molecule has 1 rings (SSSR count). The number of ether oxygens (including phenoxy) is 1. The fourth-order valence-electron chi connectivity index (χ4n) is 2.10. The molecule has 114 valence electrons. The first-order chi connectivity index (χ1) is 8.64. The Morgan fingerprint density at radius 2 is 1.95 bits per heavy atom. The van der Waals surface area contributed by atoms with E-state index < -0.39 is 17.4 Å². The summed E-state index contributed by atoms with van der Waals surface area (Å²) >= 11 is 3.47. The van der Waals surface area contributed by atoms with Gasteiger partial charge in [-0.1, -0.05) is 15.9 Å². The second-order valence-corrected chi connectivity index (χ2v) is 6.05. The summed E-state index contributed by atoms with van der Waals surface area (Å²) in [6, 6.07) is 0.983. The summed E-state index contributed by atoms with van der Waals surface area (Å²) in [6.07, 6.45) is 0. The zero-order chi connectivity index (χ0) is 15.0. The van der Waals surface area contributed by atoms with Gasteiger partial charge in [0.25, 0.3) is 0 Å². The Labute approximate surface area is 134 Å². The zero-order valence-corrected chi connectivity index (χ0v) is 14.7. The molecule has 0 aliphatic carbocycles. The minimum absolute atomic E-state index is 0. The Hall–Kier alpha value is -0.780. The lowest BCUT2D eigenvalue weighted by Crippen LogP contribution is -2.37. The highest BCUT2D eigenvalue weighted by Gasteiger charge is 2.38. The van der Waals surface area contributed by atoms with E-state index in [4.69, 9.17) is 10.5 Å². The van der Waals surface area contributed by atoms with E-state index in [1.165, 1.54) is 7.11 Å². The number of carbonyl (C=O) groups is 1. The topological polar surface area (TPSA) is 72.5 Å². The molecule has 1 aromatic carbocycles. The van der Waals surface area contributed by atoms with Crippen LogP contribution in [0.1, 0.15) is 36.6 Å². The maximum absolute atomic E-state index is 11.8. The van der Waals surface area contributed by atoms with E-state index in [9.17, 15) is 9.90 Å². The normalized spacial score (nSPS) is 12.6. The van der Waals surface area contributed by atoms with Crippen molar-refractivity contribution >= 4 is 34.3 Å². The van der Waals surface area contributed by atoms with Gasteiger partial charge >= 0.3 is 5.97 Å². The van der Waals surface area contributed by atoms with Crippen LogP contribution in [-0.4, -0.2) is 18.2 Å². The molecule has 0 aliphatic heterocycles. The Morgan fingerprint density at radius 3 is 2.40 bits per heavy atom. The summed E-state index contributed by atoms with van der Waals surface area (Å²) in [4.78, 5) is 11.8. The summed E-state index contributed by atoms with van der Waals surface area (Å²) in [5.74, 6) is -0.307. The number of methoxy groups -OCH3 is 1. The minimum Gasteiger partial charge on any atom is -0.508 e. The van der Waals surface area contributed by atoms with Crippen LogP contribution in [-0.2, 0) is 9.53 Å². The van der Waals surface area contributed by atoms with Gasteiger partial charge in [0.05, 0.1) is 12.5 Å². The van der Waals surface area contributed by atoms with E-state index in [2.05, 4.69) is 15.9 Å². The first kappa shape index (κ1) is 19.2. The van der Waals surface area contributed by atoms with Crippen molar-refractivity contribution in [3.8, 4) is 5.75 Å². The summed E-state index contributed by atoms with van der Waals surface area (Å²) in [7, 11) is 1.33. The molecule has 20 heavy (non-hydrogen) atoms. The van der Waals surface area contributed by atoms with Crippen LogP contribution >= 0.6 is 28.3 Å². The van der Waals surface area contributed by atoms with Crippen LogP contribution in [0.25, 0.3) is 0 Å². The van der Waals surface area contributed by atoms with Crippen molar-refractivity contribution in [2.45, 2.75) is 33.7 Å². The largest absolute Gasteiger partial charge is 0.508 e. The van der Waals surface area contributed by atoms with Crippen LogP contribution in [0.4, 0.5) is 0 Å². The van der Waals surface area contributed by atoms with Crippen LogP contribution in [0, 0.1) is 19.3 Å². The summed E-state index contributed by atoms with van der Waals surface area (Å²) in [5, 5.41) is 10.1. The van der Waals surface area contributed by atoms with E-state index in [0.717, 1.165) is 15.6 Å². The number of esters is 1. The van der Waals surface area contributed by atoms with E-state index in [0.29, 0.717) is 5.56 Å². The van der Waals surface area contributed by atoms with Gasteiger partial charge in [-0.2, -0.15) is 0 Å². The fourth-order valence-corrected chi connectivity index (χ4v) is 2.42. The van der Waals surface area contributed by atoms with Crippen LogP contribution < -0.4 is 5.73 Å². The Bertz CT molecular complexity index is 518. The Kier molecular flexibility index (Phi) is 6.52. The first-order valence-electron chi connectivity index (χ1n) is 5.97. The summed E-state index contributed by atoms with van der Waals surface area (Å²) in [6.45, 7) is 7.16. The lowest BCUT2D eigenvalue weighted by molar-refractivity contribution is -0.152. The molecule has 0 radical (unpaired) electrons. The molecule has 0 fully saturated rings. The maximum Gasteiger partial charge on any atom is 0.313 e. The van der Waals surface area contributed by atoms with Crippen molar-refractivity contribution in [2.24, 2.45) is 11.1 Å². The quantitative estimate of drug-likeness (QED) is 0.804. The average molecular weight is 367 g/mol. The molecule has 1 aromatic rings. The number of carbonyl (C=O) groups excluding carboxylic acids is 1. The molecule has 1 atom stereocenters. The molecule has 0 aliphatic rings. The summed E-state index contributed by atoms with van der Waals surface area (Å²) in [5.41, 5.74) is 7.58. The number of phenolic OH excluding ortho intramolecular Hbond substituents is 1. The van der Waals surface area contributed by atoms with Crippen molar-refractivity contribution in [3.05, 3.63) is 27.2 Å². The molecule has 0 saturated heterocycles. The molecular formula is C14H21BrClNO3. The third-order valence-corrected chi connectivity index (χ3v) is 4.73. The van der Waals surface area contributed by atoms with Crippen LogP contribution in [0.5, 0.6) is 5.75 Å². The van der Waals surface area contributed by atoms with Gasteiger partial charge in [-0.25, -0.2) is 0 Å². The van der Waals surface area contributed by atoms with Crippen molar-refractivity contribution in [2.75, 3.05) is 7.11 Å². The number of rotatable bonds is 3. The average Bonchev–Trinajstić information content (AvgIpc) is 2.34. The second kappa shape index (κ2) is 6.78. The lowest BCUT2D eigenvalue weighted by Gasteiger charge is -2.31. The molecule has 3 N–H and O–H groups in total. The SMILES string of the molecule is COC(=O)C(C)(C)[C@@H](N)c1c(O)cc(C)c(Br)c1C.Cl. The predicted molar refractivity (Wildman–Crippen MR) is 85.3 cm³/mol. The predicted octanol–water partition coefficient (Wildman–Crippen LogP) is 3.39. The second-order valence-electron chi connectivity index (χ2n) is 5.26. The zero-order valence-electron chi connectivity index (χ0n) is 12.3. The minimum atomic E-state index is -0.925. The smallest absolute Gasteiger partial charge is 0.313 e. The molecule has 0 amide bonds. The van der Waals surface area contributed by atoms with Gasteiger partial charge in [0.1, 0.15) is 5.75 Å². The Balaban J connectivity index is 0.00000361. The van der Waals surface area contributed by atoms with Crippen molar-refractivity contribution in [1.82, 2.24) is 0 Å². The molecule has 0 heterocycles. The summed E-state index contributed by atoms with van der Waals surface area (Å²) < 4.78 is 5.66.